The van der Waals surface area contributed by atoms with Crippen molar-refractivity contribution in [1.82, 2.24) is 0 Å². The van der Waals surface area contributed by atoms with Gasteiger partial charge in [0.1, 0.15) is 24.0 Å². The second-order valence-corrected chi connectivity index (χ2v) is 3.31. The summed E-state index contributed by atoms with van der Waals surface area (Å²) < 4.78 is 9.87. The highest BCUT2D eigenvalue weighted by Gasteiger charge is 2.13. The largest absolute Gasteiger partial charge is 0.490 e. The fourth-order valence-corrected chi connectivity index (χ4v) is 1.22. The standard InChI is InChI=1S/C12H13NO4/c1-16-12(15)10-4-2-3-5-11(10)17-8-9(14)6-7-13/h2-5,9,14H,6,8H2,1H3. The zero-order valence-corrected chi connectivity index (χ0v) is 9.42. The first-order valence-electron chi connectivity index (χ1n) is 5.04. The van der Waals surface area contributed by atoms with Crippen LogP contribution in [0.5, 0.6) is 5.75 Å². The fourth-order valence-electron chi connectivity index (χ4n) is 1.22. The maximum absolute atomic E-state index is 11.4. The summed E-state index contributed by atoms with van der Waals surface area (Å²) in [5, 5.41) is 17.7. The Kier molecular flexibility index (Phi) is 4.98. The molecule has 0 spiro atoms. The number of carbonyl (C=O) groups excluding carboxylic acids is 1. The van der Waals surface area contributed by atoms with Crippen molar-refractivity contribution in [3.05, 3.63) is 29.8 Å². The monoisotopic (exact) mass is 235 g/mol. The van der Waals surface area contributed by atoms with Crippen molar-refractivity contribution in [1.29, 1.82) is 5.26 Å². The molecule has 90 valence electrons. The van der Waals surface area contributed by atoms with Gasteiger partial charge in [0.05, 0.1) is 19.6 Å². The third-order valence-corrected chi connectivity index (χ3v) is 2.05. The Bertz CT molecular complexity index is 425. The van der Waals surface area contributed by atoms with Crippen LogP contribution in [0, 0.1) is 11.3 Å². The first-order valence-corrected chi connectivity index (χ1v) is 5.04. The SMILES string of the molecule is COC(=O)c1ccccc1OCC(O)CC#N. The zero-order valence-electron chi connectivity index (χ0n) is 9.42. The summed E-state index contributed by atoms with van der Waals surface area (Å²) in [6, 6.07) is 8.39. The van der Waals surface area contributed by atoms with E-state index < -0.39 is 12.1 Å². The smallest absolute Gasteiger partial charge is 0.341 e. The molecule has 0 heterocycles. The number of aliphatic hydroxyl groups excluding tert-OH is 1. The molecule has 0 aliphatic carbocycles. The second kappa shape index (κ2) is 6.51. The highest BCUT2D eigenvalue weighted by molar-refractivity contribution is 5.92. The van der Waals surface area contributed by atoms with E-state index in [0.29, 0.717) is 11.3 Å². The van der Waals surface area contributed by atoms with E-state index >= 15 is 0 Å². The molecular formula is C12H13NO4. The van der Waals surface area contributed by atoms with Crippen molar-refractivity contribution in [2.45, 2.75) is 12.5 Å². The molecule has 0 aromatic heterocycles. The number of methoxy groups -OCH3 is 1. The van der Waals surface area contributed by atoms with E-state index in [4.69, 9.17) is 10.00 Å². The molecule has 0 saturated carbocycles. The van der Waals surface area contributed by atoms with Gasteiger partial charge < -0.3 is 14.6 Å². The third-order valence-electron chi connectivity index (χ3n) is 2.05. The van der Waals surface area contributed by atoms with Gasteiger partial charge >= 0.3 is 5.97 Å². The van der Waals surface area contributed by atoms with E-state index in [0.717, 1.165) is 0 Å². The number of nitrogens with zero attached hydrogens (tertiary/aromatic N) is 1. The van der Waals surface area contributed by atoms with Gasteiger partial charge in [0.15, 0.2) is 0 Å². The maximum Gasteiger partial charge on any atom is 0.341 e. The maximum atomic E-state index is 11.4. The van der Waals surface area contributed by atoms with Crippen molar-refractivity contribution in [2.24, 2.45) is 0 Å². The van der Waals surface area contributed by atoms with Gasteiger partial charge in [0.2, 0.25) is 0 Å². The minimum absolute atomic E-state index is 0.0135. The van der Waals surface area contributed by atoms with E-state index in [9.17, 15) is 9.90 Å². The average Bonchev–Trinajstić information content (AvgIpc) is 2.36. The lowest BCUT2D eigenvalue weighted by Crippen LogP contribution is -2.18. The summed E-state index contributed by atoms with van der Waals surface area (Å²) in [6.07, 6.45) is -0.883. The van der Waals surface area contributed by atoms with Crippen molar-refractivity contribution in [3.63, 3.8) is 0 Å². The lowest BCUT2D eigenvalue weighted by molar-refractivity contribution is 0.0589. The van der Waals surface area contributed by atoms with E-state index in [1.807, 2.05) is 6.07 Å². The summed E-state index contributed by atoms with van der Waals surface area (Å²) in [5.74, 6) is -0.174. The molecule has 5 nitrogen and oxygen atoms in total. The van der Waals surface area contributed by atoms with Crippen LogP contribution in [0.1, 0.15) is 16.8 Å². The lowest BCUT2D eigenvalue weighted by Gasteiger charge is -2.12. The van der Waals surface area contributed by atoms with Crippen molar-refractivity contribution < 1.29 is 19.4 Å². The highest BCUT2D eigenvalue weighted by atomic mass is 16.5. The summed E-state index contributed by atoms with van der Waals surface area (Å²) in [4.78, 5) is 11.4. The predicted octanol–water partition coefficient (Wildman–Crippen LogP) is 1.13. The normalized spacial score (nSPS) is 11.4. The number of para-hydroxylation sites is 1. The lowest BCUT2D eigenvalue weighted by atomic mass is 10.2. The first-order chi connectivity index (χ1) is 8.19. The van der Waals surface area contributed by atoms with Crippen LogP contribution < -0.4 is 4.74 Å². The molecule has 0 fully saturated rings. The number of hydrogen-bond acceptors (Lipinski definition) is 5. The number of rotatable bonds is 5. The van der Waals surface area contributed by atoms with Gasteiger partial charge in [-0.3, -0.25) is 0 Å². The van der Waals surface area contributed by atoms with E-state index in [2.05, 4.69) is 4.74 Å². The molecule has 0 aliphatic rings. The van der Waals surface area contributed by atoms with Crippen LogP contribution in [-0.2, 0) is 4.74 Å². The molecule has 0 radical (unpaired) electrons. The minimum atomic E-state index is -0.870. The van der Waals surface area contributed by atoms with Gasteiger partial charge in [-0.15, -0.1) is 0 Å². The zero-order chi connectivity index (χ0) is 12.7. The van der Waals surface area contributed by atoms with Gasteiger partial charge in [0.25, 0.3) is 0 Å². The molecule has 5 heteroatoms. The second-order valence-electron chi connectivity index (χ2n) is 3.31. The number of ether oxygens (including phenoxy) is 2. The third kappa shape index (κ3) is 3.78. The molecule has 0 aliphatic heterocycles. The highest BCUT2D eigenvalue weighted by Crippen LogP contribution is 2.19. The van der Waals surface area contributed by atoms with Gasteiger partial charge in [0, 0.05) is 0 Å². The molecule has 1 aromatic carbocycles. The van der Waals surface area contributed by atoms with Crippen LogP contribution in [-0.4, -0.2) is 30.9 Å². The molecule has 1 aromatic rings. The Labute approximate surface area is 99.2 Å². The molecular weight excluding hydrogens is 222 g/mol. The first kappa shape index (κ1) is 13.0. The van der Waals surface area contributed by atoms with Crippen LogP contribution >= 0.6 is 0 Å². The molecule has 1 N–H and O–H groups in total. The Balaban J connectivity index is 2.71. The van der Waals surface area contributed by atoms with Crippen molar-refractivity contribution in [2.75, 3.05) is 13.7 Å². The van der Waals surface area contributed by atoms with Crippen molar-refractivity contribution >= 4 is 5.97 Å². The topological polar surface area (TPSA) is 79.6 Å². The number of hydrogen-bond donors (Lipinski definition) is 1. The Morgan fingerprint density at radius 1 is 1.53 bits per heavy atom. The van der Waals surface area contributed by atoms with Gasteiger partial charge in [-0.1, -0.05) is 12.1 Å². The molecule has 17 heavy (non-hydrogen) atoms. The summed E-state index contributed by atoms with van der Waals surface area (Å²) in [7, 11) is 1.28. The molecule has 0 amide bonds. The van der Waals surface area contributed by atoms with Gasteiger partial charge in [-0.25, -0.2) is 4.79 Å². The number of aliphatic hydroxyl groups is 1. The predicted molar refractivity (Wildman–Crippen MR) is 59.5 cm³/mol. The number of nitriles is 1. The van der Waals surface area contributed by atoms with Gasteiger partial charge in [-0.2, -0.15) is 5.26 Å². The summed E-state index contributed by atoms with van der Waals surface area (Å²) in [5.41, 5.74) is 0.291. The number of esters is 1. The Morgan fingerprint density at radius 3 is 2.88 bits per heavy atom. The Hall–Kier alpha value is -2.06. The molecule has 0 bridgehead atoms. The van der Waals surface area contributed by atoms with E-state index in [-0.39, 0.29) is 13.0 Å². The van der Waals surface area contributed by atoms with Gasteiger partial charge in [-0.05, 0) is 12.1 Å². The van der Waals surface area contributed by atoms with Crippen molar-refractivity contribution in [3.8, 4) is 11.8 Å². The average molecular weight is 235 g/mol. The summed E-state index contributed by atoms with van der Waals surface area (Å²) >= 11 is 0. The van der Waals surface area contributed by atoms with Crippen LogP contribution in [0.4, 0.5) is 0 Å². The number of benzene rings is 1. The van der Waals surface area contributed by atoms with E-state index in [1.165, 1.54) is 7.11 Å². The Morgan fingerprint density at radius 2 is 2.24 bits per heavy atom. The van der Waals surface area contributed by atoms with Crippen LogP contribution in [0.25, 0.3) is 0 Å². The molecule has 1 atom stereocenters. The van der Waals surface area contributed by atoms with Crippen LogP contribution in [0.3, 0.4) is 0 Å². The number of carbonyl (C=O) groups is 1. The summed E-state index contributed by atoms with van der Waals surface area (Å²) in [6.45, 7) is -0.0401. The quantitative estimate of drug-likeness (QED) is 0.774. The van der Waals surface area contributed by atoms with Crippen LogP contribution in [0.2, 0.25) is 0 Å². The minimum Gasteiger partial charge on any atom is -0.490 e. The molecule has 1 unspecified atom stereocenters. The fraction of sp³-hybridized carbons (Fsp3) is 0.333. The molecule has 1 rings (SSSR count). The van der Waals surface area contributed by atoms with E-state index in [1.54, 1.807) is 24.3 Å². The molecule has 0 saturated heterocycles. The van der Waals surface area contributed by atoms with Crippen LogP contribution in [0.15, 0.2) is 24.3 Å².